The molecule has 1 aliphatic heterocycles. The Morgan fingerprint density at radius 3 is 2.83 bits per heavy atom. The molecule has 0 spiro atoms. The van der Waals surface area contributed by atoms with E-state index in [1.165, 1.54) is 18.7 Å². The zero-order valence-electron chi connectivity index (χ0n) is 15.0. The summed E-state index contributed by atoms with van der Waals surface area (Å²) in [4.78, 5) is 17.1. The Bertz CT molecular complexity index is 1300. The number of fused-ring (bicyclic) bond motifs is 2. The summed E-state index contributed by atoms with van der Waals surface area (Å²) in [6.45, 7) is 0.910. The molecule has 0 N–H and O–H groups in total. The highest BCUT2D eigenvalue weighted by Gasteiger charge is 2.16. The highest BCUT2D eigenvalue weighted by atomic mass is 35.5. The van der Waals surface area contributed by atoms with Gasteiger partial charge in [-0.25, -0.2) is 9.67 Å². The van der Waals surface area contributed by atoms with Crippen LogP contribution in [0.4, 0.5) is 0 Å². The number of ether oxygens (including phenoxy) is 2. The molecule has 0 radical (unpaired) electrons. The van der Waals surface area contributed by atoms with Crippen LogP contribution < -0.4 is 15.0 Å². The summed E-state index contributed by atoms with van der Waals surface area (Å²) in [6.07, 6.45) is 4.37. The first kappa shape index (κ1) is 17.4. The minimum atomic E-state index is -0.322. The molecule has 0 atom stereocenters. The van der Waals surface area contributed by atoms with Crippen LogP contribution in [0.5, 0.6) is 11.5 Å². The summed E-state index contributed by atoms with van der Waals surface area (Å²) in [5.41, 5.74) is 1.64. The van der Waals surface area contributed by atoms with Gasteiger partial charge in [-0.3, -0.25) is 4.79 Å². The van der Waals surface area contributed by atoms with Gasteiger partial charge in [-0.2, -0.15) is 14.9 Å². The van der Waals surface area contributed by atoms with Crippen molar-refractivity contribution in [2.75, 3.05) is 13.2 Å². The SMILES string of the molecule is O=c1c2cnn(-c3ccccc3)c2ncn1/N=C\c1cc(Cl)c2c(c1)OCCO2. The molecule has 1 aliphatic rings. The first-order valence-corrected chi connectivity index (χ1v) is 9.23. The van der Waals surface area contributed by atoms with E-state index in [0.29, 0.717) is 46.3 Å². The molecule has 0 unspecified atom stereocenters. The third-order valence-corrected chi connectivity index (χ3v) is 4.70. The van der Waals surface area contributed by atoms with E-state index in [-0.39, 0.29) is 5.56 Å². The number of hydrogen-bond donors (Lipinski definition) is 0. The maximum atomic E-state index is 12.8. The van der Waals surface area contributed by atoms with Crippen LogP contribution in [0.1, 0.15) is 5.56 Å². The molecule has 4 aromatic rings. The molecule has 0 fully saturated rings. The number of para-hydroxylation sites is 1. The van der Waals surface area contributed by atoms with Crippen LogP contribution in [0.3, 0.4) is 0 Å². The minimum absolute atomic E-state index is 0.322. The highest BCUT2D eigenvalue weighted by molar-refractivity contribution is 6.32. The summed E-state index contributed by atoms with van der Waals surface area (Å²) < 4.78 is 13.8. The van der Waals surface area contributed by atoms with E-state index in [9.17, 15) is 4.79 Å². The van der Waals surface area contributed by atoms with Crippen molar-refractivity contribution >= 4 is 28.8 Å². The van der Waals surface area contributed by atoms with E-state index in [0.717, 1.165) is 10.4 Å². The molecule has 0 saturated carbocycles. The van der Waals surface area contributed by atoms with E-state index in [1.807, 2.05) is 30.3 Å². The first-order valence-electron chi connectivity index (χ1n) is 8.85. The van der Waals surface area contributed by atoms with Crippen molar-refractivity contribution in [3.05, 3.63) is 75.9 Å². The Labute approximate surface area is 169 Å². The summed E-state index contributed by atoms with van der Waals surface area (Å²) in [5, 5.41) is 9.30. The highest BCUT2D eigenvalue weighted by Crippen LogP contribution is 2.37. The second-order valence-electron chi connectivity index (χ2n) is 6.29. The molecule has 0 amide bonds. The van der Waals surface area contributed by atoms with Crippen LogP contribution >= 0.6 is 11.6 Å². The fourth-order valence-electron chi connectivity index (χ4n) is 3.08. The first-order chi connectivity index (χ1) is 14.2. The van der Waals surface area contributed by atoms with E-state index >= 15 is 0 Å². The average Bonchev–Trinajstić information content (AvgIpc) is 3.19. The van der Waals surface area contributed by atoms with Crippen molar-refractivity contribution in [3.8, 4) is 17.2 Å². The molecule has 0 saturated heterocycles. The maximum absolute atomic E-state index is 12.8. The second kappa shape index (κ2) is 7.06. The summed E-state index contributed by atoms with van der Waals surface area (Å²) in [5.74, 6) is 1.07. The molecule has 144 valence electrons. The van der Waals surface area contributed by atoms with Gasteiger partial charge < -0.3 is 9.47 Å². The number of halogens is 1. The molecule has 0 bridgehead atoms. The molecular formula is C20H14ClN5O3. The average molecular weight is 408 g/mol. The molecule has 5 rings (SSSR count). The number of benzene rings is 2. The molecule has 9 heteroatoms. The maximum Gasteiger partial charge on any atom is 0.285 e. The summed E-state index contributed by atoms with van der Waals surface area (Å²) in [6, 6.07) is 12.9. The molecule has 3 heterocycles. The van der Waals surface area contributed by atoms with E-state index in [2.05, 4.69) is 15.2 Å². The number of rotatable bonds is 3. The molecular weight excluding hydrogens is 394 g/mol. The summed E-state index contributed by atoms with van der Waals surface area (Å²) >= 11 is 6.24. The third-order valence-electron chi connectivity index (χ3n) is 4.42. The topological polar surface area (TPSA) is 83.5 Å². The van der Waals surface area contributed by atoms with Crippen molar-refractivity contribution in [2.45, 2.75) is 0 Å². The van der Waals surface area contributed by atoms with Crippen molar-refractivity contribution in [3.63, 3.8) is 0 Å². The van der Waals surface area contributed by atoms with E-state index in [1.54, 1.807) is 16.8 Å². The lowest BCUT2D eigenvalue weighted by molar-refractivity contribution is 0.171. The molecule has 29 heavy (non-hydrogen) atoms. The zero-order chi connectivity index (χ0) is 19.8. The predicted octanol–water partition coefficient (Wildman–Crippen LogP) is 2.89. The van der Waals surface area contributed by atoms with Crippen LogP contribution in [0.15, 0.2) is 64.9 Å². The normalized spacial score (nSPS) is 13.3. The smallest absolute Gasteiger partial charge is 0.285 e. The Hall–Kier alpha value is -3.65. The molecule has 8 nitrogen and oxygen atoms in total. The standard InChI is InChI=1S/C20H14ClN5O3/c21-16-8-13(9-17-18(16)29-7-6-28-17)10-23-25-12-22-19-15(20(25)27)11-24-26(19)14-4-2-1-3-5-14/h1-5,8-12H,6-7H2/b23-10-. The molecule has 2 aromatic carbocycles. The van der Waals surface area contributed by atoms with Crippen LogP contribution in [0.2, 0.25) is 5.02 Å². The second-order valence-corrected chi connectivity index (χ2v) is 6.70. The van der Waals surface area contributed by atoms with Gasteiger partial charge in [0.25, 0.3) is 5.56 Å². The van der Waals surface area contributed by atoms with Gasteiger partial charge in [0, 0.05) is 0 Å². The number of aromatic nitrogens is 4. The van der Waals surface area contributed by atoms with Gasteiger partial charge in [-0.15, -0.1) is 0 Å². The fourth-order valence-corrected chi connectivity index (χ4v) is 3.35. The number of hydrogen-bond acceptors (Lipinski definition) is 6. The Balaban J connectivity index is 1.51. The van der Waals surface area contributed by atoms with Gasteiger partial charge >= 0.3 is 0 Å². The van der Waals surface area contributed by atoms with Crippen molar-refractivity contribution in [1.82, 2.24) is 19.4 Å². The van der Waals surface area contributed by atoms with Gasteiger partial charge in [-0.05, 0) is 29.8 Å². The van der Waals surface area contributed by atoms with E-state index in [4.69, 9.17) is 21.1 Å². The van der Waals surface area contributed by atoms with Gasteiger partial charge in [0.15, 0.2) is 17.1 Å². The zero-order valence-corrected chi connectivity index (χ0v) is 15.8. The Kier molecular flexibility index (Phi) is 4.25. The molecule has 2 aromatic heterocycles. The van der Waals surface area contributed by atoms with Crippen molar-refractivity contribution in [1.29, 1.82) is 0 Å². The minimum Gasteiger partial charge on any atom is -0.486 e. The Morgan fingerprint density at radius 1 is 1.14 bits per heavy atom. The number of nitrogens with zero attached hydrogens (tertiary/aromatic N) is 5. The fraction of sp³-hybridized carbons (Fsp3) is 0.100. The largest absolute Gasteiger partial charge is 0.486 e. The molecule has 0 aliphatic carbocycles. The Morgan fingerprint density at radius 2 is 1.97 bits per heavy atom. The van der Waals surface area contributed by atoms with Crippen molar-refractivity contribution in [2.24, 2.45) is 5.10 Å². The van der Waals surface area contributed by atoms with E-state index < -0.39 is 0 Å². The van der Waals surface area contributed by atoms with Gasteiger partial charge in [0.1, 0.15) is 24.9 Å². The van der Waals surface area contributed by atoms with Crippen LogP contribution in [0.25, 0.3) is 16.7 Å². The third kappa shape index (κ3) is 3.13. The predicted molar refractivity (Wildman–Crippen MR) is 109 cm³/mol. The lowest BCUT2D eigenvalue weighted by atomic mass is 10.2. The lowest BCUT2D eigenvalue weighted by Crippen LogP contribution is -2.17. The monoisotopic (exact) mass is 407 g/mol. The lowest BCUT2D eigenvalue weighted by Gasteiger charge is -2.19. The van der Waals surface area contributed by atoms with Crippen LogP contribution in [0, 0.1) is 0 Å². The van der Waals surface area contributed by atoms with Crippen LogP contribution in [-0.2, 0) is 0 Å². The van der Waals surface area contributed by atoms with Gasteiger partial charge in [0.05, 0.1) is 23.1 Å². The van der Waals surface area contributed by atoms with Gasteiger partial charge in [-0.1, -0.05) is 29.8 Å². The van der Waals surface area contributed by atoms with Gasteiger partial charge in [0.2, 0.25) is 0 Å². The van der Waals surface area contributed by atoms with Crippen LogP contribution in [-0.4, -0.2) is 38.9 Å². The summed E-state index contributed by atoms with van der Waals surface area (Å²) in [7, 11) is 0. The van der Waals surface area contributed by atoms with Crippen molar-refractivity contribution < 1.29 is 9.47 Å². The quantitative estimate of drug-likeness (QED) is 0.487.